The molecule has 7 heteroatoms. The summed E-state index contributed by atoms with van der Waals surface area (Å²) in [6, 6.07) is 0.681. The molecule has 0 radical (unpaired) electrons. The standard InChI is InChI=1S/C12H23N5S2/c1-10(2)17-7-5-16(6-8-17)4-3-9-18-12-15-14-11(13)19-12/h10H,3-9H2,1-2H3,(H2,13,14). The van der Waals surface area contributed by atoms with E-state index in [0.717, 1.165) is 10.1 Å². The van der Waals surface area contributed by atoms with Gasteiger partial charge in [-0.25, -0.2) is 0 Å². The second-order valence-electron chi connectivity index (χ2n) is 5.08. The van der Waals surface area contributed by atoms with Gasteiger partial charge >= 0.3 is 0 Å². The zero-order valence-electron chi connectivity index (χ0n) is 11.7. The van der Waals surface area contributed by atoms with Gasteiger partial charge in [0.25, 0.3) is 0 Å². The topological polar surface area (TPSA) is 58.3 Å². The van der Waals surface area contributed by atoms with Gasteiger partial charge < -0.3 is 10.6 Å². The second-order valence-corrected chi connectivity index (χ2v) is 7.43. The van der Waals surface area contributed by atoms with Crippen LogP contribution in [0.25, 0.3) is 0 Å². The average Bonchev–Trinajstić information content (AvgIpc) is 2.81. The number of piperazine rings is 1. The third kappa shape index (κ3) is 4.91. The van der Waals surface area contributed by atoms with Gasteiger partial charge in [0.15, 0.2) is 4.34 Å². The maximum absolute atomic E-state index is 5.56. The summed E-state index contributed by atoms with van der Waals surface area (Å²) in [7, 11) is 0. The summed E-state index contributed by atoms with van der Waals surface area (Å²) in [6.07, 6.45) is 1.20. The molecule has 0 spiro atoms. The van der Waals surface area contributed by atoms with Crippen LogP contribution < -0.4 is 5.73 Å². The summed E-state index contributed by atoms with van der Waals surface area (Å²) in [4.78, 5) is 5.11. The van der Waals surface area contributed by atoms with Crippen LogP contribution in [0.2, 0.25) is 0 Å². The Balaban J connectivity index is 1.57. The lowest BCUT2D eigenvalue weighted by Gasteiger charge is -2.36. The number of thioether (sulfide) groups is 1. The number of nitrogens with zero attached hydrogens (tertiary/aromatic N) is 4. The summed E-state index contributed by atoms with van der Waals surface area (Å²) in [5.74, 6) is 1.10. The van der Waals surface area contributed by atoms with Crippen LogP contribution in [0, 0.1) is 0 Å². The average molecular weight is 301 g/mol. The van der Waals surface area contributed by atoms with Gasteiger partial charge in [0, 0.05) is 38.0 Å². The number of rotatable bonds is 6. The first-order valence-electron chi connectivity index (χ1n) is 6.83. The molecular formula is C12H23N5S2. The van der Waals surface area contributed by atoms with Gasteiger partial charge in [0.1, 0.15) is 0 Å². The van der Waals surface area contributed by atoms with E-state index >= 15 is 0 Å². The Bertz CT molecular complexity index is 374. The summed E-state index contributed by atoms with van der Waals surface area (Å²) >= 11 is 3.24. The largest absolute Gasteiger partial charge is 0.374 e. The van der Waals surface area contributed by atoms with E-state index in [-0.39, 0.29) is 0 Å². The SMILES string of the molecule is CC(C)N1CCN(CCCSc2nnc(N)s2)CC1. The third-order valence-electron chi connectivity index (χ3n) is 3.40. The van der Waals surface area contributed by atoms with E-state index in [1.165, 1.54) is 50.5 Å². The number of anilines is 1. The number of hydrogen-bond donors (Lipinski definition) is 1. The molecule has 0 bridgehead atoms. The van der Waals surface area contributed by atoms with Crippen LogP contribution in [0.15, 0.2) is 4.34 Å². The smallest absolute Gasteiger partial charge is 0.203 e. The Hall–Kier alpha value is -0.370. The summed E-state index contributed by atoms with van der Waals surface area (Å²) in [5.41, 5.74) is 5.56. The normalized spacial score (nSPS) is 18.3. The van der Waals surface area contributed by atoms with Crippen molar-refractivity contribution in [1.82, 2.24) is 20.0 Å². The van der Waals surface area contributed by atoms with Crippen LogP contribution in [-0.2, 0) is 0 Å². The number of nitrogen functional groups attached to an aromatic ring is 1. The molecule has 0 unspecified atom stereocenters. The second kappa shape index (κ2) is 7.42. The fourth-order valence-corrected chi connectivity index (χ4v) is 3.86. The van der Waals surface area contributed by atoms with Crippen molar-refractivity contribution in [1.29, 1.82) is 0 Å². The lowest BCUT2D eigenvalue weighted by atomic mass is 10.2. The predicted molar refractivity (Wildman–Crippen MR) is 82.8 cm³/mol. The van der Waals surface area contributed by atoms with Gasteiger partial charge in [0.2, 0.25) is 5.13 Å². The maximum atomic E-state index is 5.56. The Kier molecular flexibility index (Phi) is 5.87. The van der Waals surface area contributed by atoms with Crippen molar-refractivity contribution in [3.63, 3.8) is 0 Å². The summed E-state index contributed by atoms with van der Waals surface area (Å²) < 4.78 is 0.988. The van der Waals surface area contributed by atoms with E-state index in [1.54, 1.807) is 11.8 Å². The van der Waals surface area contributed by atoms with Gasteiger partial charge in [0.05, 0.1) is 0 Å². The van der Waals surface area contributed by atoms with Crippen molar-refractivity contribution >= 4 is 28.2 Å². The third-order valence-corrected chi connectivity index (χ3v) is 5.38. The molecule has 2 rings (SSSR count). The Morgan fingerprint density at radius 1 is 1.26 bits per heavy atom. The predicted octanol–water partition coefficient (Wildman–Crippen LogP) is 1.63. The molecule has 1 aromatic heterocycles. The monoisotopic (exact) mass is 301 g/mol. The van der Waals surface area contributed by atoms with Crippen LogP contribution in [0.5, 0.6) is 0 Å². The molecule has 1 aliphatic rings. The highest BCUT2D eigenvalue weighted by atomic mass is 32.2. The molecule has 0 amide bonds. The molecule has 0 saturated carbocycles. The van der Waals surface area contributed by atoms with Crippen molar-refractivity contribution in [3.8, 4) is 0 Å². The Morgan fingerprint density at radius 2 is 2.00 bits per heavy atom. The maximum Gasteiger partial charge on any atom is 0.203 e. The molecule has 1 aromatic rings. The molecule has 1 fully saturated rings. The van der Waals surface area contributed by atoms with Crippen molar-refractivity contribution < 1.29 is 0 Å². The van der Waals surface area contributed by atoms with Crippen LogP contribution in [-0.4, -0.2) is 64.5 Å². The minimum absolute atomic E-state index is 0.562. The fourth-order valence-electron chi connectivity index (χ4n) is 2.23. The van der Waals surface area contributed by atoms with Crippen LogP contribution in [0.3, 0.4) is 0 Å². The van der Waals surface area contributed by atoms with Crippen LogP contribution >= 0.6 is 23.1 Å². The lowest BCUT2D eigenvalue weighted by Crippen LogP contribution is -2.48. The number of nitrogens with two attached hydrogens (primary N) is 1. The minimum Gasteiger partial charge on any atom is -0.374 e. The molecule has 19 heavy (non-hydrogen) atoms. The van der Waals surface area contributed by atoms with E-state index in [1.807, 2.05) is 0 Å². The molecule has 0 aliphatic carbocycles. The molecule has 1 saturated heterocycles. The van der Waals surface area contributed by atoms with Gasteiger partial charge in [-0.15, -0.1) is 10.2 Å². The van der Waals surface area contributed by atoms with E-state index in [0.29, 0.717) is 11.2 Å². The number of aromatic nitrogens is 2. The number of hydrogen-bond acceptors (Lipinski definition) is 7. The van der Waals surface area contributed by atoms with Crippen molar-refractivity contribution in [2.75, 3.05) is 44.2 Å². The molecular weight excluding hydrogens is 278 g/mol. The van der Waals surface area contributed by atoms with E-state index < -0.39 is 0 Å². The highest BCUT2D eigenvalue weighted by molar-refractivity contribution is 8.01. The zero-order valence-corrected chi connectivity index (χ0v) is 13.3. The van der Waals surface area contributed by atoms with Gasteiger partial charge in [-0.1, -0.05) is 23.1 Å². The molecule has 1 aliphatic heterocycles. The lowest BCUT2D eigenvalue weighted by molar-refractivity contribution is 0.109. The van der Waals surface area contributed by atoms with Crippen LogP contribution in [0.4, 0.5) is 5.13 Å². The van der Waals surface area contributed by atoms with Gasteiger partial charge in [-0.05, 0) is 26.8 Å². The quantitative estimate of drug-likeness (QED) is 0.636. The van der Waals surface area contributed by atoms with E-state index in [4.69, 9.17) is 5.73 Å². The minimum atomic E-state index is 0.562. The first-order valence-corrected chi connectivity index (χ1v) is 8.63. The van der Waals surface area contributed by atoms with Crippen molar-refractivity contribution in [2.45, 2.75) is 30.6 Å². The molecule has 0 atom stereocenters. The molecule has 108 valence electrons. The van der Waals surface area contributed by atoms with Gasteiger partial charge in [-0.3, -0.25) is 4.90 Å². The van der Waals surface area contributed by atoms with Gasteiger partial charge in [-0.2, -0.15) is 0 Å². The summed E-state index contributed by atoms with van der Waals surface area (Å²) in [5, 5.41) is 8.40. The first kappa shape index (κ1) is 15.0. The fraction of sp³-hybridized carbons (Fsp3) is 0.833. The van der Waals surface area contributed by atoms with E-state index in [9.17, 15) is 0 Å². The van der Waals surface area contributed by atoms with Crippen LogP contribution in [0.1, 0.15) is 20.3 Å². The molecule has 0 aromatic carbocycles. The first-order chi connectivity index (χ1) is 9.15. The highest BCUT2D eigenvalue weighted by Gasteiger charge is 2.18. The molecule has 5 nitrogen and oxygen atoms in total. The Morgan fingerprint density at radius 3 is 2.58 bits per heavy atom. The zero-order chi connectivity index (χ0) is 13.7. The summed E-state index contributed by atoms with van der Waals surface area (Å²) in [6.45, 7) is 10.6. The van der Waals surface area contributed by atoms with Crippen molar-refractivity contribution in [3.05, 3.63) is 0 Å². The van der Waals surface area contributed by atoms with E-state index in [2.05, 4.69) is 33.8 Å². The Labute approximate surface area is 123 Å². The molecule has 2 N–H and O–H groups in total. The highest BCUT2D eigenvalue weighted by Crippen LogP contribution is 2.23. The van der Waals surface area contributed by atoms with Crippen molar-refractivity contribution in [2.24, 2.45) is 0 Å². The molecule has 2 heterocycles.